The average Bonchev–Trinajstić information content (AvgIpc) is 2.35. The van der Waals surface area contributed by atoms with Crippen LogP contribution >= 0.6 is 27.5 Å². The van der Waals surface area contributed by atoms with Gasteiger partial charge in [0.15, 0.2) is 0 Å². The van der Waals surface area contributed by atoms with Crippen molar-refractivity contribution in [1.82, 2.24) is 4.98 Å². The number of nitrogens with zero attached hydrogens (tertiary/aromatic N) is 1. The molecule has 0 N–H and O–H groups in total. The molecule has 1 atom stereocenters. The quantitative estimate of drug-likeness (QED) is 0.725. The highest BCUT2D eigenvalue weighted by Gasteiger charge is 2.14. The highest BCUT2D eigenvalue weighted by molar-refractivity contribution is 9.10. The molecule has 0 saturated carbocycles. The number of pyridine rings is 1. The molecule has 94 valence electrons. The lowest BCUT2D eigenvalue weighted by molar-refractivity contribution is 0.864. The van der Waals surface area contributed by atoms with Crippen molar-refractivity contribution in [2.24, 2.45) is 0 Å². The predicted octanol–water partition coefficient (Wildman–Crippen LogP) is 4.98. The average molecular weight is 325 g/mol. The van der Waals surface area contributed by atoms with Crippen LogP contribution in [0.15, 0.2) is 41.0 Å². The molecule has 0 spiro atoms. The molecule has 2 rings (SSSR count). The third kappa shape index (κ3) is 2.93. The van der Waals surface area contributed by atoms with Gasteiger partial charge in [-0.05, 0) is 36.6 Å². The number of hydrogen-bond donors (Lipinski definition) is 0. The summed E-state index contributed by atoms with van der Waals surface area (Å²) in [6.07, 6.45) is 2.56. The van der Waals surface area contributed by atoms with Gasteiger partial charge in [-0.1, -0.05) is 40.2 Å². The molecule has 1 heterocycles. The monoisotopic (exact) mass is 323 g/mol. The number of hydrogen-bond acceptors (Lipinski definition) is 1. The largest absolute Gasteiger partial charge is 0.261 e. The van der Waals surface area contributed by atoms with E-state index in [-0.39, 0.29) is 5.38 Å². The van der Waals surface area contributed by atoms with E-state index in [1.165, 1.54) is 11.1 Å². The first kappa shape index (κ1) is 13.6. The van der Waals surface area contributed by atoms with E-state index in [1.54, 1.807) is 0 Å². The lowest BCUT2D eigenvalue weighted by Gasteiger charge is -2.14. The van der Waals surface area contributed by atoms with Gasteiger partial charge in [-0.2, -0.15) is 0 Å². The van der Waals surface area contributed by atoms with E-state index >= 15 is 0 Å². The molecular formula is C15H15BrClN. The van der Waals surface area contributed by atoms with Crippen molar-refractivity contribution in [3.8, 4) is 0 Å². The SMILES string of the molecule is Cc1cccnc1CC(Cl)c1cccc(C)c1Br. The molecule has 0 aliphatic heterocycles. The lowest BCUT2D eigenvalue weighted by atomic mass is 10.0. The molecule has 1 aromatic carbocycles. The van der Waals surface area contributed by atoms with Crippen LogP contribution in [0.4, 0.5) is 0 Å². The Morgan fingerprint density at radius 2 is 1.89 bits per heavy atom. The molecule has 18 heavy (non-hydrogen) atoms. The Hall–Kier alpha value is -0.860. The Balaban J connectivity index is 2.25. The summed E-state index contributed by atoms with van der Waals surface area (Å²) in [4.78, 5) is 4.40. The molecule has 0 radical (unpaired) electrons. The fraction of sp³-hybridized carbons (Fsp3) is 0.267. The molecule has 0 aliphatic rings. The maximum atomic E-state index is 6.52. The van der Waals surface area contributed by atoms with Gasteiger partial charge in [0.25, 0.3) is 0 Å². The summed E-state index contributed by atoms with van der Waals surface area (Å²) >= 11 is 10.1. The van der Waals surface area contributed by atoms with Crippen LogP contribution in [0.25, 0.3) is 0 Å². The lowest BCUT2D eigenvalue weighted by Crippen LogP contribution is -2.01. The van der Waals surface area contributed by atoms with Crippen LogP contribution < -0.4 is 0 Å². The van der Waals surface area contributed by atoms with Gasteiger partial charge >= 0.3 is 0 Å². The number of benzene rings is 1. The minimum atomic E-state index is -0.0622. The number of aryl methyl sites for hydroxylation is 2. The number of aromatic nitrogens is 1. The van der Waals surface area contributed by atoms with Crippen molar-refractivity contribution < 1.29 is 0 Å². The van der Waals surface area contributed by atoms with Gasteiger partial charge in [0.05, 0.1) is 5.38 Å². The minimum absolute atomic E-state index is 0.0622. The van der Waals surface area contributed by atoms with Crippen molar-refractivity contribution in [2.45, 2.75) is 25.6 Å². The van der Waals surface area contributed by atoms with Gasteiger partial charge in [-0.3, -0.25) is 4.98 Å². The molecule has 3 heteroatoms. The summed E-state index contributed by atoms with van der Waals surface area (Å²) in [6, 6.07) is 10.2. The fourth-order valence-corrected chi connectivity index (χ4v) is 2.92. The Labute approximate surface area is 121 Å². The molecule has 1 unspecified atom stereocenters. The van der Waals surface area contributed by atoms with Crippen LogP contribution in [0.1, 0.15) is 27.8 Å². The van der Waals surface area contributed by atoms with Gasteiger partial charge in [-0.25, -0.2) is 0 Å². The van der Waals surface area contributed by atoms with Crippen LogP contribution in [0.5, 0.6) is 0 Å². The predicted molar refractivity (Wildman–Crippen MR) is 80.2 cm³/mol. The summed E-state index contributed by atoms with van der Waals surface area (Å²) in [5, 5.41) is -0.0622. The maximum absolute atomic E-state index is 6.52. The molecule has 0 aliphatic carbocycles. The summed E-state index contributed by atoms with van der Waals surface area (Å²) in [7, 11) is 0. The van der Waals surface area contributed by atoms with Crippen molar-refractivity contribution in [2.75, 3.05) is 0 Å². The highest BCUT2D eigenvalue weighted by atomic mass is 79.9. The smallest absolute Gasteiger partial charge is 0.0651 e. The van der Waals surface area contributed by atoms with Crippen LogP contribution in [0.3, 0.4) is 0 Å². The highest BCUT2D eigenvalue weighted by Crippen LogP contribution is 2.32. The summed E-state index contributed by atoms with van der Waals surface area (Å²) in [5.41, 5.74) is 4.58. The van der Waals surface area contributed by atoms with Gasteiger partial charge in [0.1, 0.15) is 0 Å². The van der Waals surface area contributed by atoms with Gasteiger partial charge in [0.2, 0.25) is 0 Å². The zero-order chi connectivity index (χ0) is 13.1. The van der Waals surface area contributed by atoms with E-state index < -0.39 is 0 Å². The second kappa shape index (κ2) is 5.85. The van der Waals surface area contributed by atoms with Crippen LogP contribution in [0, 0.1) is 13.8 Å². The molecule has 2 aromatic rings. The first-order valence-electron chi connectivity index (χ1n) is 5.89. The second-order valence-corrected chi connectivity index (χ2v) is 5.74. The summed E-state index contributed by atoms with van der Waals surface area (Å²) in [6.45, 7) is 4.14. The van der Waals surface area contributed by atoms with Crippen molar-refractivity contribution in [3.63, 3.8) is 0 Å². The van der Waals surface area contributed by atoms with Crippen LogP contribution in [-0.4, -0.2) is 4.98 Å². The number of halogens is 2. The molecule has 0 amide bonds. The first-order valence-corrected chi connectivity index (χ1v) is 7.12. The second-order valence-electron chi connectivity index (χ2n) is 4.42. The topological polar surface area (TPSA) is 12.9 Å². The van der Waals surface area contributed by atoms with Crippen LogP contribution in [0.2, 0.25) is 0 Å². The maximum Gasteiger partial charge on any atom is 0.0651 e. The molecule has 0 bridgehead atoms. The fourth-order valence-electron chi connectivity index (χ4n) is 1.92. The van der Waals surface area contributed by atoms with E-state index in [1.807, 2.05) is 18.3 Å². The summed E-state index contributed by atoms with van der Waals surface area (Å²) in [5.74, 6) is 0. The van der Waals surface area contributed by atoms with Crippen molar-refractivity contribution in [1.29, 1.82) is 0 Å². The third-order valence-corrected chi connectivity index (χ3v) is 4.52. The Morgan fingerprint density at radius 3 is 2.61 bits per heavy atom. The normalized spacial score (nSPS) is 12.4. The van der Waals surface area contributed by atoms with Gasteiger partial charge in [-0.15, -0.1) is 11.6 Å². The Bertz CT molecular complexity index is 554. The Kier molecular flexibility index (Phi) is 4.41. The van der Waals surface area contributed by atoms with E-state index in [4.69, 9.17) is 11.6 Å². The third-order valence-electron chi connectivity index (χ3n) is 3.05. The van der Waals surface area contributed by atoms with E-state index in [2.05, 4.69) is 53.0 Å². The number of rotatable bonds is 3. The zero-order valence-electron chi connectivity index (χ0n) is 10.5. The molecule has 1 aromatic heterocycles. The Morgan fingerprint density at radius 1 is 1.17 bits per heavy atom. The zero-order valence-corrected chi connectivity index (χ0v) is 12.8. The molecule has 0 saturated heterocycles. The first-order chi connectivity index (χ1) is 8.59. The van der Waals surface area contributed by atoms with Crippen molar-refractivity contribution >= 4 is 27.5 Å². The summed E-state index contributed by atoms with van der Waals surface area (Å²) < 4.78 is 1.10. The molecule has 0 fully saturated rings. The van der Waals surface area contributed by atoms with E-state index in [9.17, 15) is 0 Å². The van der Waals surface area contributed by atoms with Gasteiger partial charge < -0.3 is 0 Å². The van der Waals surface area contributed by atoms with E-state index in [0.29, 0.717) is 0 Å². The van der Waals surface area contributed by atoms with Crippen molar-refractivity contribution in [3.05, 3.63) is 63.4 Å². The van der Waals surface area contributed by atoms with E-state index in [0.717, 1.165) is 22.2 Å². The standard InChI is InChI=1S/C15H15BrClN/c1-10-6-4-8-18-14(10)9-13(17)12-7-3-5-11(2)15(12)16/h3-8,13H,9H2,1-2H3. The molecular weight excluding hydrogens is 310 g/mol. The van der Waals surface area contributed by atoms with Gasteiger partial charge in [0, 0.05) is 22.8 Å². The minimum Gasteiger partial charge on any atom is -0.261 e. The number of alkyl halides is 1. The van der Waals surface area contributed by atoms with Crippen LogP contribution in [-0.2, 0) is 6.42 Å². The molecule has 1 nitrogen and oxygen atoms in total.